The molecule has 1 fully saturated rings. The van der Waals surface area contributed by atoms with E-state index >= 15 is 0 Å². The predicted molar refractivity (Wildman–Crippen MR) is 96.3 cm³/mol. The molecule has 1 amide bonds. The van der Waals surface area contributed by atoms with E-state index in [-0.39, 0.29) is 12.1 Å². The molecule has 134 valence electrons. The van der Waals surface area contributed by atoms with E-state index in [0.29, 0.717) is 12.6 Å². The predicted octanol–water partition coefficient (Wildman–Crippen LogP) is 2.55. The molecule has 24 heavy (non-hydrogen) atoms. The molecule has 1 atom stereocenters. The number of pyridine rings is 1. The normalized spacial score (nSPS) is 17.4. The van der Waals surface area contributed by atoms with Gasteiger partial charge in [0, 0.05) is 37.9 Å². The van der Waals surface area contributed by atoms with Crippen molar-refractivity contribution >= 4 is 11.9 Å². The summed E-state index contributed by atoms with van der Waals surface area (Å²) in [4.78, 5) is 18.4. The molecule has 6 nitrogen and oxygen atoms in total. The lowest BCUT2D eigenvalue weighted by Crippen LogP contribution is -2.49. The first-order chi connectivity index (χ1) is 11.3. The number of hydrogen-bond donors (Lipinski definition) is 2. The molecule has 0 radical (unpaired) electrons. The molecule has 2 N–H and O–H groups in total. The zero-order chi connectivity index (χ0) is 17.6. The fraction of sp³-hybridized carbons (Fsp3) is 0.667. The van der Waals surface area contributed by atoms with Crippen LogP contribution in [0, 0.1) is 0 Å². The van der Waals surface area contributed by atoms with E-state index in [1.54, 1.807) is 0 Å². The molecule has 1 saturated heterocycles. The topological polar surface area (TPSA) is 66.5 Å². The third kappa shape index (κ3) is 6.35. The summed E-state index contributed by atoms with van der Waals surface area (Å²) in [5, 5.41) is 6.41. The summed E-state index contributed by atoms with van der Waals surface area (Å²) < 4.78 is 5.25. The second-order valence-electron chi connectivity index (χ2n) is 7.40. The van der Waals surface area contributed by atoms with Gasteiger partial charge < -0.3 is 20.3 Å². The lowest BCUT2D eigenvalue weighted by molar-refractivity contribution is 0.0522. The standard InChI is InChI=1S/C18H30N4O2/c1-14(13-20-17(23)24-18(2,3)4)21-15-8-11-22(12-9-15)16-7-5-6-10-19-16/h5-7,10,14-15,21H,8-9,11-13H2,1-4H3,(H,20,23). The highest BCUT2D eigenvalue weighted by Gasteiger charge is 2.22. The summed E-state index contributed by atoms with van der Waals surface area (Å²) in [7, 11) is 0. The molecular weight excluding hydrogens is 304 g/mol. The average Bonchev–Trinajstić information content (AvgIpc) is 2.53. The molecule has 0 saturated carbocycles. The van der Waals surface area contributed by atoms with Gasteiger partial charge in [0.2, 0.25) is 0 Å². The number of anilines is 1. The highest BCUT2D eigenvalue weighted by atomic mass is 16.6. The number of carbonyl (C=O) groups is 1. The van der Waals surface area contributed by atoms with Crippen molar-refractivity contribution in [2.45, 2.75) is 58.2 Å². The van der Waals surface area contributed by atoms with Crippen LogP contribution in [0.4, 0.5) is 10.6 Å². The van der Waals surface area contributed by atoms with Gasteiger partial charge in [0.1, 0.15) is 11.4 Å². The van der Waals surface area contributed by atoms with Gasteiger partial charge in [0.05, 0.1) is 0 Å². The van der Waals surface area contributed by atoms with Crippen LogP contribution in [-0.2, 0) is 4.74 Å². The molecule has 0 spiro atoms. The largest absolute Gasteiger partial charge is 0.444 e. The Balaban J connectivity index is 1.67. The molecule has 2 heterocycles. The number of amides is 1. The zero-order valence-electron chi connectivity index (χ0n) is 15.2. The van der Waals surface area contributed by atoms with Crippen LogP contribution in [0.5, 0.6) is 0 Å². The molecule has 1 unspecified atom stereocenters. The number of nitrogens with zero attached hydrogens (tertiary/aromatic N) is 2. The zero-order valence-corrected chi connectivity index (χ0v) is 15.2. The van der Waals surface area contributed by atoms with Crippen LogP contribution in [0.3, 0.4) is 0 Å². The summed E-state index contributed by atoms with van der Waals surface area (Å²) in [5.74, 6) is 1.05. The first kappa shape index (κ1) is 18.5. The number of hydrogen-bond acceptors (Lipinski definition) is 5. The molecule has 1 aromatic rings. The smallest absolute Gasteiger partial charge is 0.407 e. The van der Waals surface area contributed by atoms with Gasteiger partial charge in [-0.1, -0.05) is 6.07 Å². The van der Waals surface area contributed by atoms with Crippen LogP contribution >= 0.6 is 0 Å². The monoisotopic (exact) mass is 334 g/mol. The summed E-state index contributed by atoms with van der Waals surface area (Å²) in [6, 6.07) is 6.71. The number of aromatic nitrogens is 1. The Kier molecular flexibility index (Phi) is 6.43. The third-order valence-corrected chi connectivity index (χ3v) is 3.94. The minimum atomic E-state index is -0.459. The molecule has 0 aliphatic carbocycles. The van der Waals surface area contributed by atoms with Crippen molar-refractivity contribution in [3.05, 3.63) is 24.4 Å². The highest BCUT2D eigenvalue weighted by molar-refractivity contribution is 5.67. The van der Waals surface area contributed by atoms with E-state index in [2.05, 4.69) is 33.5 Å². The van der Waals surface area contributed by atoms with Crippen molar-refractivity contribution in [3.8, 4) is 0 Å². The van der Waals surface area contributed by atoms with E-state index in [1.807, 2.05) is 39.1 Å². The van der Waals surface area contributed by atoms with E-state index < -0.39 is 5.60 Å². The molecule has 1 aliphatic heterocycles. The van der Waals surface area contributed by atoms with Crippen LogP contribution in [0.15, 0.2) is 24.4 Å². The van der Waals surface area contributed by atoms with Crippen LogP contribution in [0.25, 0.3) is 0 Å². The van der Waals surface area contributed by atoms with Crippen molar-refractivity contribution in [1.82, 2.24) is 15.6 Å². The minimum absolute atomic E-state index is 0.212. The molecule has 1 aliphatic rings. The number of alkyl carbamates (subject to hydrolysis) is 1. The van der Waals surface area contributed by atoms with Crippen LogP contribution in [-0.4, -0.2) is 48.4 Å². The number of rotatable bonds is 5. The summed E-state index contributed by atoms with van der Waals surface area (Å²) >= 11 is 0. The Morgan fingerprint density at radius 3 is 2.67 bits per heavy atom. The van der Waals surface area contributed by atoms with Gasteiger partial charge >= 0.3 is 6.09 Å². The number of nitrogens with one attached hydrogen (secondary N) is 2. The molecule has 0 aromatic carbocycles. The Hall–Kier alpha value is -1.82. The fourth-order valence-corrected chi connectivity index (χ4v) is 2.83. The van der Waals surface area contributed by atoms with Crippen molar-refractivity contribution in [1.29, 1.82) is 0 Å². The lowest BCUT2D eigenvalue weighted by atomic mass is 10.0. The van der Waals surface area contributed by atoms with E-state index in [1.165, 1.54) is 0 Å². The Labute approximate surface area is 145 Å². The first-order valence-electron chi connectivity index (χ1n) is 8.72. The summed E-state index contributed by atoms with van der Waals surface area (Å²) in [6.07, 6.45) is 3.63. The number of piperidine rings is 1. The van der Waals surface area contributed by atoms with E-state index in [0.717, 1.165) is 31.7 Å². The number of ether oxygens (including phenoxy) is 1. The van der Waals surface area contributed by atoms with Gasteiger partial charge in [0.25, 0.3) is 0 Å². The van der Waals surface area contributed by atoms with Crippen molar-refractivity contribution in [2.24, 2.45) is 0 Å². The van der Waals surface area contributed by atoms with Crippen molar-refractivity contribution in [2.75, 3.05) is 24.5 Å². The summed E-state index contributed by atoms with van der Waals surface area (Å²) in [6.45, 7) is 10.2. The van der Waals surface area contributed by atoms with E-state index in [9.17, 15) is 4.79 Å². The fourth-order valence-electron chi connectivity index (χ4n) is 2.83. The van der Waals surface area contributed by atoms with E-state index in [4.69, 9.17) is 4.74 Å². The molecule has 6 heteroatoms. The van der Waals surface area contributed by atoms with Crippen molar-refractivity contribution in [3.63, 3.8) is 0 Å². The first-order valence-corrected chi connectivity index (χ1v) is 8.72. The Bertz CT molecular complexity index is 508. The van der Waals surface area contributed by atoms with Gasteiger partial charge in [-0.3, -0.25) is 0 Å². The van der Waals surface area contributed by atoms with Gasteiger partial charge in [-0.05, 0) is 52.7 Å². The maximum absolute atomic E-state index is 11.7. The molecular formula is C18H30N4O2. The second-order valence-corrected chi connectivity index (χ2v) is 7.40. The third-order valence-electron chi connectivity index (χ3n) is 3.94. The van der Waals surface area contributed by atoms with Crippen LogP contribution in [0.1, 0.15) is 40.5 Å². The Morgan fingerprint density at radius 2 is 2.08 bits per heavy atom. The quantitative estimate of drug-likeness (QED) is 0.866. The van der Waals surface area contributed by atoms with Gasteiger partial charge in [-0.15, -0.1) is 0 Å². The van der Waals surface area contributed by atoms with Crippen LogP contribution < -0.4 is 15.5 Å². The molecule has 0 bridgehead atoms. The van der Waals surface area contributed by atoms with Crippen LogP contribution in [0.2, 0.25) is 0 Å². The average molecular weight is 334 g/mol. The van der Waals surface area contributed by atoms with Gasteiger partial charge in [-0.2, -0.15) is 0 Å². The molecule has 1 aromatic heterocycles. The summed E-state index contributed by atoms with van der Waals surface area (Å²) in [5.41, 5.74) is -0.459. The molecule has 2 rings (SSSR count). The highest BCUT2D eigenvalue weighted by Crippen LogP contribution is 2.17. The second kappa shape index (κ2) is 8.33. The van der Waals surface area contributed by atoms with Crippen molar-refractivity contribution < 1.29 is 9.53 Å². The SMILES string of the molecule is CC(CNC(=O)OC(C)(C)C)NC1CCN(c2ccccn2)CC1. The van der Waals surface area contributed by atoms with Gasteiger partial charge in [-0.25, -0.2) is 9.78 Å². The minimum Gasteiger partial charge on any atom is -0.444 e. The number of carbonyl (C=O) groups excluding carboxylic acids is 1. The lowest BCUT2D eigenvalue weighted by Gasteiger charge is -2.34. The van der Waals surface area contributed by atoms with Gasteiger partial charge in [0.15, 0.2) is 0 Å². The maximum Gasteiger partial charge on any atom is 0.407 e. The Morgan fingerprint density at radius 1 is 1.38 bits per heavy atom. The maximum atomic E-state index is 11.7.